The molecule has 0 aromatic heterocycles. The zero-order valence-corrected chi connectivity index (χ0v) is 14.3. The van der Waals surface area contributed by atoms with Crippen LogP contribution in [0.3, 0.4) is 0 Å². The van der Waals surface area contributed by atoms with E-state index in [0.717, 1.165) is 41.1 Å². The molecule has 1 aromatic rings. The molecule has 2 rings (SSSR count). The van der Waals surface area contributed by atoms with Crippen molar-refractivity contribution < 1.29 is 19.2 Å². The van der Waals surface area contributed by atoms with Gasteiger partial charge in [0.1, 0.15) is 5.92 Å². The van der Waals surface area contributed by atoms with Crippen molar-refractivity contribution in [3.05, 3.63) is 29.3 Å². The fraction of sp³-hybridized carbons (Fsp3) is 0.556. The number of carbonyl (C=O) groups is 2. The molecule has 1 saturated heterocycles. The minimum Gasteiger partial charge on any atom is -0.466 e. The number of rotatable bonds is 5. The van der Waals surface area contributed by atoms with E-state index in [1.165, 1.54) is 0 Å². The van der Waals surface area contributed by atoms with E-state index in [0.29, 0.717) is 19.7 Å². The van der Waals surface area contributed by atoms with Crippen molar-refractivity contribution in [2.24, 2.45) is 5.92 Å². The number of anilines is 1. The van der Waals surface area contributed by atoms with Gasteiger partial charge in [0, 0.05) is 5.69 Å². The summed E-state index contributed by atoms with van der Waals surface area (Å²) in [6.45, 7) is 8.27. The lowest BCUT2D eigenvalue weighted by Gasteiger charge is -2.28. The van der Waals surface area contributed by atoms with E-state index in [1.807, 2.05) is 32.9 Å². The lowest BCUT2D eigenvalue weighted by molar-refractivity contribution is -0.899. The number of benzene rings is 1. The number of hydrogen-bond donors (Lipinski definition) is 2. The van der Waals surface area contributed by atoms with Crippen LogP contribution < -0.4 is 10.2 Å². The molecule has 5 nitrogen and oxygen atoms in total. The van der Waals surface area contributed by atoms with Gasteiger partial charge >= 0.3 is 5.97 Å². The summed E-state index contributed by atoms with van der Waals surface area (Å²) in [6.07, 6.45) is 1.82. The van der Waals surface area contributed by atoms with Crippen LogP contribution >= 0.6 is 0 Å². The molecule has 0 spiro atoms. The normalized spacial score (nSPS) is 20.8. The summed E-state index contributed by atoms with van der Waals surface area (Å²) in [6, 6.07) is 6.02. The van der Waals surface area contributed by atoms with E-state index < -0.39 is 0 Å². The number of carbonyl (C=O) groups excluding carboxylic acids is 2. The largest absolute Gasteiger partial charge is 0.466 e. The van der Waals surface area contributed by atoms with Gasteiger partial charge < -0.3 is 15.0 Å². The predicted octanol–water partition coefficient (Wildman–Crippen LogP) is 1.10. The number of amides is 1. The van der Waals surface area contributed by atoms with Crippen LogP contribution in [0, 0.1) is 19.8 Å². The van der Waals surface area contributed by atoms with Gasteiger partial charge in [0.15, 0.2) is 6.54 Å². The Labute approximate surface area is 138 Å². The van der Waals surface area contributed by atoms with E-state index in [9.17, 15) is 9.59 Å². The Morgan fingerprint density at radius 2 is 1.96 bits per heavy atom. The van der Waals surface area contributed by atoms with Crippen LogP contribution in [0.5, 0.6) is 0 Å². The number of hydrogen-bond acceptors (Lipinski definition) is 3. The predicted molar refractivity (Wildman–Crippen MR) is 89.5 cm³/mol. The average molecular weight is 319 g/mol. The number of ether oxygens (including phenoxy) is 1. The number of aryl methyl sites for hydroxylation is 2. The van der Waals surface area contributed by atoms with Crippen molar-refractivity contribution >= 4 is 17.6 Å². The van der Waals surface area contributed by atoms with Gasteiger partial charge in [-0.3, -0.25) is 9.59 Å². The Morgan fingerprint density at radius 1 is 1.26 bits per heavy atom. The van der Waals surface area contributed by atoms with Crippen LogP contribution in [0.25, 0.3) is 0 Å². The SMILES string of the molecule is CCOC(=O)[C@H]1CCC[NH+](CC(=O)Nc2cc(C)cc(C)c2)C1. The van der Waals surface area contributed by atoms with Crippen LogP contribution in [0.4, 0.5) is 5.69 Å². The molecule has 0 radical (unpaired) electrons. The molecule has 0 saturated carbocycles. The van der Waals surface area contributed by atoms with Crippen LogP contribution in [0.2, 0.25) is 0 Å². The molecule has 1 amide bonds. The molecule has 126 valence electrons. The van der Waals surface area contributed by atoms with Crippen molar-refractivity contribution in [2.45, 2.75) is 33.6 Å². The van der Waals surface area contributed by atoms with Crippen molar-refractivity contribution in [2.75, 3.05) is 31.6 Å². The first kappa shape index (κ1) is 17.5. The first-order valence-corrected chi connectivity index (χ1v) is 8.36. The lowest BCUT2D eigenvalue weighted by Crippen LogP contribution is -3.14. The Kier molecular flexibility index (Phi) is 6.16. The van der Waals surface area contributed by atoms with Gasteiger partial charge in [0.25, 0.3) is 5.91 Å². The van der Waals surface area contributed by atoms with Crippen molar-refractivity contribution in [3.63, 3.8) is 0 Å². The third kappa shape index (κ3) is 5.36. The summed E-state index contributed by atoms with van der Waals surface area (Å²) in [4.78, 5) is 25.3. The molecule has 0 aliphatic carbocycles. The van der Waals surface area contributed by atoms with E-state index in [-0.39, 0.29) is 17.8 Å². The van der Waals surface area contributed by atoms with Gasteiger partial charge in [-0.05, 0) is 56.9 Å². The van der Waals surface area contributed by atoms with E-state index >= 15 is 0 Å². The number of likely N-dealkylation sites (tertiary alicyclic amines) is 1. The molecule has 1 heterocycles. The monoisotopic (exact) mass is 319 g/mol. The molecule has 1 fully saturated rings. The summed E-state index contributed by atoms with van der Waals surface area (Å²) >= 11 is 0. The van der Waals surface area contributed by atoms with Crippen LogP contribution in [-0.4, -0.2) is 38.1 Å². The molecule has 2 N–H and O–H groups in total. The number of nitrogens with one attached hydrogen (secondary N) is 2. The number of esters is 1. The van der Waals surface area contributed by atoms with Gasteiger partial charge in [-0.25, -0.2) is 0 Å². The standard InChI is InChI=1S/C18H26N2O3/c1-4-23-18(22)15-6-5-7-20(11-15)12-17(21)19-16-9-13(2)8-14(3)10-16/h8-10,15H,4-7,11-12H2,1-3H3,(H,19,21)/p+1/t15-/m0/s1. The first-order valence-electron chi connectivity index (χ1n) is 8.36. The van der Waals surface area contributed by atoms with Gasteiger partial charge in [0.05, 0.1) is 19.7 Å². The molecule has 1 aliphatic rings. The van der Waals surface area contributed by atoms with Crippen molar-refractivity contribution in [1.29, 1.82) is 0 Å². The Morgan fingerprint density at radius 3 is 2.61 bits per heavy atom. The third-order valence-electron chi connectivity index (χ3n) is 4.15. The van der Waals surface area contributed by atoms with Gasteiger partial charge in [-0.1, -0.05) is 6.07 Å². The fourth-order valence-corrected chi connectivity index (χ4v) is 3.25. The zero-order valence-electron chi connectivity index (χ0n) is 14.3. The molecule has 1 aliphatic heterocycles. The van der Waals surface area contributed by atoms with E-state index in [1.54, 1.807) is 0 Å². The number of quaternary nitrogens is 1. The van der Waals surface area contributed by atoms with Crippen molar-refractivity contribution in [3.8, 4) is 0 Å². The Balaban J connectivity index is 1.88. The highest BCUT2D eigenvalue weighted by atomic mass is 16.5. The quantitative estimate of drug-likeness (QED) is 0.799. The van der Waals surface area contributed by atoms with Gasteiger partial charge in [-0.15, -0.1) is 0 Å². The average Bonchev–Trinajstić information content (AvgIpc) is 2.46. The van der Waals surface area contributed by atoms with Crippen LogP contribution in [-0.2, 0) is 14.3 Å². The molecular formula is C18H27N2O3+. The summed E-state index contributed by atoms with van der Waals surface area (Å²) in [5, 5.41) is 2.96. The van der Waals surface area contributed by atoms with Gasteiger partial charge in [0.2, 0.25) is 0 Å². The summed E-state index contributed by atoms with van der Waals surface area (Å²) in [5.41, 5.74) is 3.10. The summed E-state index contributed by atoms with van der Waals surface area (Å²) in [5.74, 6) is -0.207. The lowest BCUT2D eigenvalue weighted by atomic mass is 9.98. The summed E-state index contributed by atoms with van der Waals surface area (Å²) in [7, 11) is 0. The topological polar surface area (TPSA) is 59.8 Å². The first-order chi connectivity index (χ1) is 11.0. The molecular weight excluding hydrogens is 292 g/mol. The summed E-state index contributed by atoms with van der Waals surface area (Å²) < 4.78 is 5.10. The maximum Gasteiger partial charge on any atom is 0.314 e. The molecule has 0 bridgehead atoms. The zero-order chi connectivity index (χ0) is 16.8. The smallest absolute Gasteiger partial charge is 0.314 e. The Hall–Kier alpha value is -1.88. The second kappa shape index (κ2) is 8.11. The Bertz CT molecular complexity index is 551. The minimum absolute atomic E-state index is 0.00508. The van der Waals surface area contributed by atoms with E-state index in [2.05, 4.69) is 11.4 Å². The van der Waals surface area contributed by atoms with E-state index in [4.69, 9.17) is 4.74 Å². The molecule has 5 heteroatoms. The van der Waals surface area contributed by atoms with Crippen molar-refractivity contribution in [1.82, 2.24) is 0 Å². The molecule has 1 unspecified atom stereocenters. The maximum absolute atomic E-state index is 12.3. The molecule has 23 heavy (non-hydrogen) atoms. The van der Waals surface area contributed by atoms with Gasteiger partial charge in [-0.2, -0.15) is 0 Å². The highest BCUT2D eigenvalue weighted by Crippen LogP contribution is 2.13. The number of piperidine rings is 1. The maximum atomic E-state index is 12.3. The third-order valence-corrected chi connectivity index (χ3v) is 4.15. The van der Waals surface area contributed by atoms with Crippen LogP contribution in [0.1, 0.15) is 30.9 Å². The van der Waals surface area contributed by atoms with Crippen LogP contribution in [0.15, 0.2) is 18.2 Å². The second-order valence-corrected chi connectivity index (χ2v) is 6.40. The molecule has 1 aromatic carbocycles. The highest BCUT2D eigenvalue weighted by Gasteiger charge is 2.30. The second-order valence-electron chi connectivity index (χ2n) is 6.40. The molecule has 2 atom stereocenters. The highest BCUT2D eigenvalue weighted by molar-refractivity contribution is 5.91. The fourth-order valence-electron chi connectivity index (χ4n) is 3.25. The minimum atomic E-state index is -0.126.